The molecule has 0 spiro atoms. The molecule has 33 heavy (non-hydrogen) atoms. The first kappa shape index (κ1) is 21.5. The third-order valence-corrected chi connectivity index (χ3v) is 6.28. The van der Waals surface area contributed by atoms with Gasteiger partial charge < -0.3 is 14.4 Å². The van der Waals surface area contributed by atoms with Crippen LogP contribution in [0.5, 0.6) is 11.8 Å². The van der Waals surface area contributed by atoms with Crippen LogP contribution in [0.2, 0.25) is 0 Å². The van der Waals surface area contributed by atoms with Gasteiger partial charge in [0.15, 0.2) is 0 Å². The molecule has 2 fully saturated rings. The summed E-state index contributed by atoms with van der Waals surface area (Å²) in [7, 11) is 0. The molecule has 3 aromatic rings. The van der Waals surface area contributed by atoms with E-state index in [0.29, 0.717) is 24.6 Å². The molecule has 3 heterocycles. The van der Waals surface area contributed by atoms with Gasteiger partial charge in [-0.2, -0.15) is 13.2 Å². The zero-order chi connectivity index (χ0) is 23.2. The van der Waals surface area contributed by atoms with E-state index >= 15 is 0 Å². The fourth-order valence-electron chi connectivity index (χ4n) is 4.84. The number of carbonyl (C=O) groups excluding carboxylic acids is 1. The maximum absolute atomic E-state index is 13.7. The second kappa shape index (κ2) is 8.20. The summed E-state index contributed by atoms with van der Waals surface area (Å²) in [5, 5.41) is 1.61. The lowest BCUT2D eigenvalue weighted by Gasteiger charge is -2.33. The summed E-state index contributed by atoms with van der Waals surface area (Å²) >= 11 is 0. The van der Waals surface area contributed by atoms with Gasteiger partial charge in [0, 0.05) is 35.8 Å². The average Bonchev–Trinajstić information content (AvgIpc) is 3.39. The lowest BCUT2D eigenvalue weighted by atomic mass is 10.0. The summed E-state index contributed by atoms with van der Waals surface area (Å²) in [6, 6.07) is 9.51. The molecule has 1 aromatic carbocycles. The van der Waals surface area contributed by atoms with Crippen molar-refractivity contribution in [2.45, 2.75) is 38.1 Å². The second-order valence-electron chi connectivity index (χ2n) is 8.36. The third-order valence-electron chi connectivity index (χ3n) is 6.28. The van der Waals surface area contributed by atoms with Crippen molar-refractivity contribution in [3.63, 3.8) is 0 Å². The highest BCUT2D eigenvalue weighted by molar-refractivity contribution is 6.09. The molecule has 0 radical (unpaired) electrons. The number of likely N-dealkylation sites (tertiary alicyclic amines) is 1. The highest BCUT2D eigenvalue weighted by Crippen LogP contribution is 2.41. The van der Waals surface area contributed by atoms with Crippen LogP contribution in [0, 0.1) is 5.92 Å². The van der Waals surface area contributed by atoms with Crippen molar-refractivity contribution >= 4 is 16.7 Å². The van der Waals surface area contributed by atoms with Crippen LogP contribution in [-0.4, -0.2) is 46.1 Å². The summed E-state index contributed by atoms with van der Waals surface area (Å²) in [6.07, 6.45) is -0.832. The Morgan fingerprint density at radius 3 is 2.64 bits per heavy atom. The SMILES string of the molecule is CCOc1ncc2ccccc2c1C(=O)N1CC2CC1[C@@H](Oc1ccc(C(F)(F)F)cn1)C2. The van der Waals surface area contributed by atoms with Crippen LogP contribution in [0.15, 0.2) is 48.8 Å². The van der Waals surface area contributed by atoms with Gasteiger partial charge in [-0.25, -0.2) is 9.97 Å². The van der Waals surface area contributed by atoms with Crippen LogP contribution >= 0.6 is 0 Å². The van der Waals surface area contributed by atoms with Gasteiger partial charge in [-0.05, 0) is 31.7 Å². The number of halogens is 3. The minimum atomic E-state index is -4.45. The molecule has 1 saturated carbocycles. The Morgan fingerprint density at radius 2 is 1.94 bits per heavy atom. The number of rotatable bonds is 5. The predicted molar refractivity (Wildman–Crippen MR) is 114 cm³/mol. The van der Waals surface area contributed by atoms with Crippen molar-refractivity contribution in [1.29, 1.82) is 0 Å². The topological polar surface area (TPSA) is 64.5 Å². The highest BCUT2D eigenvalue weighted by Gasteiger charge is 2.49. The Hall–Kier alpha value is -3.36. The molecule has 9 heteroatoms. The molecular weight excluding hydrogens is 435 g/mol. The number of nitrogens with zero attached hydrogens (tertiary/aromatic N) is 3. The Bertz CT molecular complexity index is 1180. The molecule has 2 unspecified atom stereocenters. The molecule has 3 atom stereocenters. The van der Waals surface area contributed by atoms with Crippen molar-refractivity contribution in [1.82, 2.24) is 14.9 Å². The minimum absolute atomic E-state index is 0.120. The van der Waals surface area contributed by atoms with Gasteiger partial charge in [-0.3, -0.25) is 4.79 Å². The smallest absolute Gasteiger partial charge is 0.417 e. The van der Waals surface area contributed by atoms with E-state index in [1.165, 1.54) is 6.07 Å². The van der Waals surface area contributed by atoms with Crippen LogP contribution in [0.4, 0.5) is 13.2 Å². The lowest BCUT2D eigenvalue weighted by molar-refractivity contribution is -0.137. The van der Waals surface area contributed by atoms with Gasteiger partial charge in [0.25, 0.3) is 5.91 Å². The highest BCUT2D eigenvalue weighted by atomic mass is 19.4. The number of hydrogen-bond acceptors (Lipinski definition) is 5. The van der Waals surface area contributed by atoms with Crippen LogP contribution < -0.4 is 9.47 Å². The van der Waals surface area contributed by atoms with Crippen LogP contribution in [-0.2, 0) is 6.18 Å². The summed E-state index contributed by atoms with van der Waals surface area (Å²) in [4.78, 5) is 23.7. The number of alkyl halides is 3. The zero-order valence-corrected chi connectivity index (χ0v) is 17.9. The fraction of sp³-hybridized carbons (Fsp3) is 0.375. The maximum atomic E-state index is 13.7. The fourth-order valence-corrected chi connectivity index (χ4v) is 4.84. The number of piperidine rings is 1. The molecule has 2 bridgehead atoms. The van der Waals surface area contributed by atoms with Crippen molar-refractivity contribution in [3.05, 3.63) is 59.9 Å². The first-order chi connectivity index (χ1) is 15.8. The number of amides is 1. The van der Waals surface area contributed by atoms with Gasteiger partial charge in [-0.1, -0.05) is 24.3 Å². The molecule has 0 N–H and O–H groups in total. The number of carbonyl (C=O) groups is 1. The minimum Gasteiger partial charge on any atom is -0.477 e. The number of pyridine rings is 2. The van der Waals surface area contributed by atoms with Crippen molar-refractivity contribution in [3.8, 4) is 11.8 Å². The molecule has 2 aromatic heterocycles. The third kappa shape index (κ3) is 3.96. The predicted octanol–water partition coefficient (Wildman–Crippen LogP) is 4.73. The summed E-state index contributed by atoms with van der Waals surface area (Å²) in [5.41, 5.74) is -0.402. The number of aromatic nitrogens is 2. The quantitative estimate of drug-likeness (QED) is 0.554. The summed E-state index contributed by atoms with van der Waals surface area (Å²) < 4.78 is 50.0. The van der Waals surface area contributed by atoms with Crippen LogP contribution in [0.25, 0.3) is 10.8 Å². The Kier molecular flexibility index (Phi) is 5.34. The number of ether oxygens (including phenoxy) is 2. The molecule has 1 aliphatic carbocycles. The first-order valence-corrected chi connectivity index (χ1v) is 10.9. The van der Waals surface area contributed by atoms with E-state index in [1.54, 1.807) is 11.1 Å². The molecule has 1 amide bonds. The van der Waals surface area contributed by atoms with Crippen molar-refractivity contribution in [2.24, 2.45) is 5.92 Å². The van der Waals surface area contributed by atoms with Gasteiger partial charge in [0.2, 0.25) is 11.8 Å². The first-order valence-electron chi connectivity index (χ1n) is 10.9. The van der Waals surface area contributed by atoms with Gasteiger partial charge in [0.05, 0.1) is 18.2 Å². The van der Waals surface area contributed by atoms with Crippen LogP contribution in [0.3, 0.4) is 0 Å². The second-order valence-corrected chi connectivity index (χ2v) is 8.36. The Morgan fingerprint density at radius 1 is 1.12 bits per heavy atom. The van der Waals surface area contributed by atoms with E-state index in [-0.39, 0.29) is 29.9 Å². The molecule has 2 aliphatic rings. The van der Waals surface area contributed by atoms with E-state index in [2.05, 4.69) is 9.97 Å². The van der Waals surface area contributed by atoms with E-state index in [0.717, 1.165) is 35.9 Å². The summed E-state index contributed by atoms with van der Waals surface area (Å²) in [5.74, 6) is 0.501. The lowest BCUT2D eigenvalue weighted by Crippen LogP contribution is -2.47. The zero-order valence-electron chi connectivity index (χ0n) is 17.9. The standard InChI is InChI=1S/C24H22F3N3O3/c1-2-32-22-21(17-6-4-3-5-15(17)11-29-22)23(31)30-13-14-9-18(30)19(10-14)33-20-8-7-16(12-28-20)24(25,26)27/h3-8,11-12,14,18-19H,2,9-10,13H2,1H3/t14?,18?,19-/m0/s1. The van der Waals surface area contributed by atoms with E-state index in [4.69, 9.17) is 9.47 Å². The molecule has 1 aliphatic heterocycles. The Balaban J connectivity index is 1.40. The van der Waals surface area contributed by atoms with Gasteiger partial charge in [-0.15, -0.1) is 0 Å². The number of fused-ring (bicyclic) bond motifs is 3. The number of benzene rings is 1. The van der Waals surface area contributed by atoms with E-state index in [1.807, 2.05) is 31.2 Å². The van der Waals surface area contributed by atoms with Gasteiger partial charge >= 0.3 is 6.18 Å². The molecule has 172 valence electrons. The van der Waals surface area contributed by atoms with Gasteiger partial charge in [0.1, 0.15) is 11.7 Å². The molecule has 5 rings (SSSR count). The monoisotopic (exact) mass is 457 g/mol. The largest absolute Gasteiger partial charge is 0.477 e. The average molecular weight is 457 g/mol. The summed E-state index contributed by atoms with van der Waals surface area (Å²) in [6.45, 7) is 2.81. The van der Waals surface area contributed by atoms with Crippen molar-refractivity contribution in [2.75, 3.05) is 13.2 Å². The molecule has 6 nitrogen and oxygen atoms in total. The maximum Gasteiger partial charge on any atom is 0.417 e. The van der Waals surface area contributed by atoms with E-state index in [9.17, 15) is 18.0 Å². The number of hydrogen-bond donors (Lipinski definition) is 0. The normalized spacial score (nSPS) is 22.1. The van der Waals surface area contributed by atoms with Crippen LogP contribution in [0.1, 0.15) is 35.7 Å². The van der Waals surface area contributed by atoms with Crippen molar-refractivity contribution < 1.29 is 27.4 Å². The van der Waals surface area contributed by atoms with E-state index < -0.39 is 11.7 Å². The Labute approximate surface area is 188 Å². The molecule has 1 saturated heterocycles. The molecular formula is C24H22F3N3O3.